The van der Waals surface area contributed by atoms with Crippen molar-refractivity contribution in [3.63, 3.8) is 0 Å². The Morgan fingerprint density at radius 2 is 2.21 bits per heavy atom. The maximum Gasteiger partial charge on any atom is 0.410 e. The minimum atomic E-state index is -0.466. The summed E-state index contributed by atoms with van der Waals surface area (Å²) in [6.45, 7) is 6.94. The summed E-state index contributed by atoms with van der Waals surface area (Å²) in [5.41, 5.74) is -0.466. The number of carbonyl (C=O) groups is 1. The van der Waals surface area contributed by atoms with E-state index in [9.17, 15) is 4.79 Å². The molecule has 1 saturated heterocycles. The molecule has 7 heteroatoms. The lowest BCUT2D eigenvalue weighted by atomic mass is 9.98. The number of likely N-dealkylation sites (tertiary alicyclic amines) is 1. The Balaban J connectivity index is 1.79. The summed E-state index contributed by atoms with van der Waals surface area (Å²) in [6, 6.07) is 2.10. The molecule has 2 rings (SSSR count). The van der Waals surface area contributed by atoms with Gasteiger partial charge in [-0.05, 0) is 58.9 Å². The summed E-state index contributed by atoms with van der Waals surface area (Å²) in [5, 5.41) is 0.364. The second kappa shape index (κ2) is 8.51. The van der Waals surface area contributed by atoms with Gasteiger partial charge in [0.15, 0.2) is 0 Å². The zero-order valence-corrected chi connectivity index (χ0v) is 15.4. The van der Waals surface area contributed by atoms with Crippen molar-refractivity contribution in [2.75, 3.05) is 13.2 Å². The number of amides is 1. The molecule has 0 spiro atoms. The summed E-state index contributed by atoms with van der Waals surface area (Å²) in [7, 11) is 0. The van der Waals surface area contributed by atoms with Crippen molar-refractivity contribution < 1.29 is 14.3 Å². The number of piperidine rings is 1. The highest BCUT2D eigenvalue weighted by Crippen LogP contribution is 2.23. The second-order valence-electron chi connectivity index (χ2n) is 6.98. The lowest BCUT2D eigenvalue weighted by Crippen LogP contribution is -2.46. The topological polar surface area (TPSA) is 64.5 Å². The molecule has 0 saturated carbocycles. The zero-order chi connectivity index (χ0) is 17.6. The Morgan fingerprint density at radius 1 is 1.42 bits per heavy atom. The molecule has 0 aliphatic carbocycles. The van der Waals surface area contributed by atoms with Crippen molar-refractivity contribution in [1.29, 1.82) is 0 Å². The van der Waals surface area contributed by atoms with E-state index in [0.717, 1.165) is 38.6 Å². The standard InChI is InChI=1S/C17H26ClN3O3/c1-17(2,3)24-16(22)21-11-5-4-7-13(21)8-6-12-23-15-19-10-9-14(18)20-15/h9-10,13H,4-8,11-12H2,1-3H3/t13-/m0/s1. The molecule has 1 fully saturated rings. The van der Waals surface area contributed by atoms with Crippen LogP contribution in [0.1, 0.15) is 52.9 Å². The van der Waals surface area contributed by atoms with Crippen LogP contribution in [0.5, 0.6) is 6.01 Å². The van der Waals surface area contributed by atoms with Gasteiger partial charge >= 0.3 is 12.1 Å². The largest absolute Gasteiger partial charge is 0.463 e. The van der Waals surface area contributed by atoms with Crippen molar-refractivity contribution in [1.82, 2.24) is 14.9 Å². The van der Waals surface area contributed by atoms with Crippen LogP contribution in [0.2, 0.25) is 5.15 Å². The maximum absolute atomic E-state index is 12.4. The van der Waals surface area contributed by atoms with E-state index in [4.69, 9.17) is 21.1 Å². The van der Waals surface area contributed by atoms with Crippen LogP contribution in [0, 0.1) is 0 Å². The molecular weight excluding hydrogens is 330 g/mol. The van der Waals surface area contributed by atoms with Gasteiger partial charge in [-0.25, -0.2) is 9.78 Å². The van der Waals surface area contributed by atoms with Crippen LogP contribution in [-0.4, -0.2) is 45.8 Å². The first-order chi connectivity index (χ1) is 11.3. The average molecular weight is 356 g/mol. The Kier molecular flexibility index (Phi) is 6.66. The molecule has 1 amide bonds. The van der Waals surface area contributed by atoms with Gasteiger partial charge in [-0.3, -0.25) is 0 Å². The molecular formula is C17H26ClN3O3. The zero-order valence-electron chi connectivity index (χ0n) is 14.6. The molecule has 0 unspecified atom stereocenters. The molecule has 0 aromatic carbocycles. The molecule has 1 aromatic rings. The second-order valence-corrected chi connectivity index (χ2v) is 7.36. The first-order valence-corrected chi connectivity index (χ1v) is 8.84. The van der Waals surface area contributed by atoms with Gasteiger partial charge in [0.25, 0.3) is 0 Å². The molecule has 0 N–H and O–H groups in total. The minimum absolute atomic E-state index is 0.206. The van der Waals surface area contributed by atoms with E-state index in [0.29, 0.717) is 11.8 Å². The molecule has 6 nitrogen and oxygen atoms in total. The van der Waals surface area contributed by atoms with Crippen LogP contribution in [0.3, 0.4) is 0 Å². The maximum atomic E-state index is 12.4. The fourth-order valence-electron chi connectivity index (χ4n) is 2.73. The van der Waals surface area contributed by atoms with E-state index >= 15 is 0 Å². The lowest BCUT2D eigenvalue weighted by Gasteiger charge is -2.36. The lowest BCUT2D eigenvalue weighted by molar-refractivity contribution is 0.00820. The van der Waals surface area contributed by atoms with Gasteiger partial charge in [-0.1, -0.05) is 11.6 Å². The van der Waals surface area contributed by atoms with Crippen LogP contribution in [0.4, 0.5) is 4.79 Å². The molecule has 0 bridgehead atoms. The van der Waals surface area contributed by atoms with E-state index in [1.165, 1.54) is 0 Å². The predicted molar refractivity (Wildman–Crippen MR) is 92.4 cm³/mol. The fraction of sp³-hybridized carbons (Fsp3) is 0.706. The van der Waals surface area contributed by atoms with Crippen LogP contribution >= 0.6 is 11.6 Å². The van der Waals surface area contributed by atoms with Crippen LogP contribution in [-0.2, 0) is 4.74 Å². The number of carbonyl (C=O) groups excluding carboxylic acids is 1. The molecule has 1 atom stereocenters. The monoisotopic (exact) mass is 355 g/mol. The molecule has 24 heavy (non-hydrogen) atoms. The third-order valence-corrected chi connectivity index (χ3v) is 3.98. The van der Waals surface area contributed by atoms with Gasteiger partial charge in [-0.2, -0.15) is 4.98 Å². The third kappa shape index (κ3) is 6.15. The number of rotatable bonds is 5. The van der Waals surface area contributed by atoms with Crippen LogP contribution in [0.15, 0.2) is 12.3 Å². The first-order valence-electron chi connectivity index (χ1n) is 8.46. The van der Waals surface area contributed by atoms with Crippen molar-refractivity contribution >= 4 is 17.7 Å². The van der Waals surface area contributed by atoms with E-state index in [-0.39, 0.29) is 18.1 Å². The fourth-order valence-corrected chi connectivity index (χ4v) is 2.86. The minimum Gasteiger partial charge on any atom is -0.463 e. The Labute approximate surface area is 148 Å². The molecule has 0 radical (unpaired) electrons. The number of ether oxygens (including phenoxy) is 2. The smallest absolute Gasteiger partial charge is 0.410 e. The van der Waals surface area contributed by atoms with E-state index in [2.05, 4.69) is 9.97 Å². The van der Waals surface area contributed by atoms with Crippen molar-refractivity contribution in [3.8, 4) is 6.01 Å². The highest BCUT2D eigenvalue weighted by atomic mass is 35.5. The number of hydrogen-bond donors (Lipinski definition) is 0. The van der Waals surface area contributed by atoms with Gasteiger partial charge in [0.05, 0.1) is 6.61 Å². The Bertz CT molecular complexity index is 548. The Morgan fingerprint density at radius 3 is 2.92 bits per heavy atom. The van der Waals surface area contributed by atoms with E-state index in [1.807, 2.05) is 25.7 Å². The SMILES string of the molecule is CC(C)(C)OC(=O)N1CCCC[C@H]1CCCOc1nccc(Cl)n1. The van der Waals surface area contributed by atoms with Gasteiger partial charge in [-0.15, -0.1) is 0 Å². The third-order valence-electron chi connectivity index (χ3n) is 3.77. The number of halogens is 1. The van der Waals surface area contributed by atoms with Crippen molar-refractivity contribution in [2.45, 2.75) is 64.5 Å². The van der Waals surface area contributed by atoms with Gasteiger partial charge in [0.1, 0.15) is 10.8 Å². The summed E-state index contributed by atoms with van der Waals surface area (Å²) < 4.78 is 11.0. The van der Waals surface area contributed by atoms with Crippen LogP contribution < -0.4 is 4.74 Å². The van der Waals surface area contributed by atoms with E-state index in [1.54, 1.807) is 12.3 Å². The quantitative estimate of drug-likeness (QED) is 0.588. The number of nitrogens with zero attached hydrogens (tertiary/aromatic N) is 3. The average Bonchev–Trinajstić information content (AvgIpc) is 2.50. The molecule has 2 heterocycles. The summed E-state index contributed by atoms with van der Waals surface area (Å²) in [6.07, 6.45) is 6.22. The molecule has 134 valence electrons. The summed E-state index contributed by atoms with van der Waals surface area (Å²) in [5.74, 6) is 0. The summed E-state index contributed by atoms with van der Waals surface area (Å²) in [4.78, 5) is 22.2. The highest BCUT2D eigenvalue weighted by Gasteiger charge is 2.30. The van der Waals surface area contributed by atoms with Crippen molar-refractivity contribution in [3.05, 3.63) is 17.4 Å². The van der Waals surface area contributed by atoms with E-state index < -0.39 is 5.60 Å². The first kappa shape index (κ1) is 18.8. The van der Waals surface area contributed by atoms with Gasteiger partial charge < -0.3 is 14.4 Å². The molecule has 1 aliphatic rings. The summed E-state index contributed by atoms with van der Waals surface area (Å²) >= 11 is 5.80. The number of aromatic nitrogens is 2. The van der Waals surface area contributed by atoms with Gasteiger partial charge in [0, 0.05) is 18.8 Å². The normalized spacial score (nSPS) is 18.3. The highest BCUT2D eigenvalue weighted by molar-refractivity contribution is 6.29. The Hall–Kier alpha value is -1.56. The van der Waals surface area contributed by atoms with Crippen molar-refractivity contribution in [2.24, 2.45) is 0 Å². The number of hydrogen-bond acceptors (Lipinski definition) is 5. The molecule has 1 aromatic heterocycles. The molecule has 1 aliphatic heterocycles. The predicted octanol–water partition coefficient (Wildman–Crippen LogP) is 4.08. The van der Waals surface area contributed by atoms with Gasteiger partial charge in [0.2, 0.25) is 0 Å². The van der Waals surface area contributed by atoms with Crippen LogP contribution in [0.25, 0.3) is 0 Å².